The molecule has 0 saturated carbocycles. The second-order valence-electron chi connectivity index (χ2n) is 12.8. The lowest BCUT2D eigenvalue weighted by atomic mass is 9.92. The van der Waals surface area contributed by atoms with Crippen molar-refractivity contribution in [2.45, 2.75) is 65.0 Å². The molecule has 50 heavy (non-hydrogen) atoms. The number of carbonyl (C=O) groups is 4. The lowest BCUT2D eigenvalue weighted by molar-refractivity contribution is -0.133. The number of rotatable bonds is 20. The Morgan fingerprint density at radius 2 is 1.48 bits per heavy atom. The number of para-hydroxylation sites is 1. The van der Waals surface area contributed by atoms with Gasteiger partial charge in [0.2, 0.25) is 17.7 Å². The van der Waals surface area contributed by atoms with Crippen LogP contribution in [-0.4, -0.2) is 54.5 Å². The molecule has 0 radical (unpaired) electrons. The third-order valence-corrected chi connectivity index (χ3v) is 8.21. The molecule has 0 saturated heterocycles. The van der Waals surface area contributed by atoms with Crippen LogP contribution in [0.3, 0.4) is 0 Å². The van der Waals surface area contributed by atoms with Crippen molar-refractivity contribution in [2.24, 2.45) is 11.8 Å². The minimum absolute atomic E-state index is 0.0358. The minimum Gasteiger partial charge on any atom is -0.443 e. The maximum atomic E-state index is 13.7. The molecule has 11 heteroatoms. The standard InChI is InChI=1S/C39H49N5O6/c1-28(2)23-31(25-36(45)40-21-19-29-13-5-3-6-14-29)37(46)43-35(24-32-26-42-34-18-10-9-17-33(32)34)38(47)41-20-11-12-22-50-44-39(48)49-27-30-15-7-4-8-16-30/h3-10,13-18,26,28,31,35,42H,11-12,19-25,27H2,1-2H3,(H,40,45)(H,41,47)(H,43,46)(H,44,48)/t31-,35+/m1/s1. The van der Waals surface area contributed by atoms with Gasteiger partial charge in [0, 0.05) is 48.9 Å². The fraction of sp³-hybridized carbons (Fsp3) is 0.385. The van der Waals surface area contributed by atoms with Crippen molar-refractivity contribution >= 4 is 34.7 Å². The van der Waals surface area contributed by atoms with Gasteiger partial charge in [0.1, 0.15) is 12.6 Å². The van der Waals surface area contributed by atoms with Gasteiger partial charge >= 0.3 is 6.09 Å². The largest absolute Gasteiger partial charge is 0.443 e. The second kappa shape index (κ2) is 20.4. The van der Waals surface area contributed by atoms with E-state index in [1.54, 1.807) is 0 Å². The Morgan fingerprint density at radius 1 is 0.780 bits per heavy atom. The zero-order valence-corrected chi connectivity index (χ0v) is 28.9. The fourth-order valence-electron chi connectivity index (χ4n) is 5.65. The highest BCUT2D eigenvalue weighted by molar-refractivity contribution is 5.92. The number of fused-ring (bicyclic) bond motifs is 1. The zero-order chi connectivity index (χ0) is 35.6. The number of unbranched alkanes of at least 4 members (excludes halogenated alkanes) is 1. The maximum Gasteiger partial charge on any atom is 0.431 e. The number of H-pyrrole nitrogens is 1. The summed E-state index contributed by atoms with van der Waals surface area (Å²) in [5, 5.41) is 9.84. The van der Waals surface area contributed by atoms with E-state index in [9.17, 15) is 19.2 Å². The van der Waals surface area contributed by atoms with Crippen molar-refractivity contribution in [1.29, 1.82) is 0 Å². The summed E-state index contributed by atoms with van der Waals surface area (Å²) in [6, 6.07) is 26.2. The smallest absolute Gasteiger partial charge is 0.431 e. The minimum atomic E-state index is -0.852. The van der Waals surface area contributed by atoms with Crippen LogP contribution in [0.1, 0.15) is 56.2 Å². The van der Waals surface area contributed by atoms with E-state index in [-0.39, 0.29) is 49.7 Å². The molecule has 266 valence electrons. The molecular weight excluding hydrogens is 634 g/mol. The molecule has 0 spiro atoms. The molecule has 1 aromatic heterocycles. The predicted octanol–water partition coefficient (Wildman–Crippen LogP) is 5.36. The lowest BCUT2D eigenvalue weighted by Gasteiger charge is -2.23. The van der Waals surface area contributed by atoms with Crippen molar-refractivity contribution in [2.75, 3.05) is 19.7 Å². The molecule has 1 heterocycles. The molecule has 3 aromatic carbocycles. The Morgan fingerprint density at radius 3 is 2.22 bits per heavy atom. The topological polar surface area (TPSA) is 151 Å². The van der Waals surface area contributed by atoms with Crippen LogP contribution >= 0.6 is 0 Å². The first-order valence-electron chi connectivity index (χ1n) is 17.3. The monoisotopic (exact) mass is 683 g/mol. The molecule has 0 bridgehead atoms. The highest BCUT2D eigenvalue weighted by atomic mass is 16.7. The number of hydrogen-bond donors (Lipinski definition) is 5. The van der Waals surface area contributed by atoms with Gasteiger partial charge in [-0.05, 0) is 54.4 Å². The molecule has 0 fully saturated rings. The van der Waals surface area contributed by atoms with E-state index in [1.165, 1.54) is 0 Å². The summed E-state index contributed by atoms with van der Waals surface area (Å²) in [6.45, 7) is 5.21. The average Bonchev–Trinajstić information content (AvgIpc) is 3.53. The third-order valence-electron chi connectivity index (χ3n) is 8.21. The number of hydroxylamine groups is 1. The molecule has 5 N–H and O–H groups in total. The van der Waals surface area contributed by atoms with E-state index in [0.717, 1.165) is 27.6 Å². The van der Waals surface area contributed by atoms with Crippen molar-refractivity contribution < 1.29 is 28.8 Å². The molecule has 4 rings (SSSR count). The van der Waals surface area contributed by atoms with Crippen LogP contribution in [0.15, 0.2) is 91.1 Å². The number of aromatic nitrogens is 1. The Bertz CT molecular complexity index is 1640. The van der Waals surface area contributed by atoms with Crippen LogP contribution in [-0.2, 0) is 43.4 Å². The maximum absolute atomic E-state index is 13.7. The van der Waals surface area contributed by atoms with Gasteiger partial charge in [-0.3, -0.25) is 19.2 Å². The molecule has 0 unspecified atom stereocenters. The van der Waals surface area contributed by atoms with Gasteiger partial charge in [-0.25, -0.2) is 4.79 Å². The van der Waals surface area contributed by atoms with E-state index in [2.05, 4.69) is 26.4 Å². The first-order chi connectivity index (χ1) is 24.3. The number of carbonyl (C=O) groups excluding carboxylic acids is 4. The van der Waals surface area contributed by atoms with Gasteiger partial charge in [0.15, 0.2) is 0 Å². The molecule has 0 aliphatic rings. The van der Waals surface area contributed by atoms with Crippen molar-refractivity contribution in [3.63, 3.8) is 0 Å². The van der Waals surface area contributed by atoms with Crippen LogP contribution in [0.2, 0.25) is 0 Å². The lowest BCUT2D eigenvalue weighted by Crippen LogP contribution is -2.50. The SMILES string of the molecule is CC(C)C[C@H](CC(=O)NCCc1ccccc1)C(=O)N[C@@H](Cc1c[nH]c2ccccc12)C(=O)NCCCCONC(=O)OCc1ccccc1. The molecule has 11 nitrogen and oxygen atoms in total. The summed E-state index contributed by atoms with van der Waals surface area (Å²) >= 11 is 0. The van der Waals surface area contributed by atoms with Crippen molar-refractivity contribution in [3.8, 4) is 0 Å². The highest BCUT2D eigenvalue weighted by Crippen LogP contribution is 2.21. The first-order valence-corrected chi connectivity index (χ1v) is 17.3. The molecule has 4 amide bonds. The van der Waals surface area contributed by atoms with E-state index in [4.69, 9.17) is 9.57 Å². The molecule has 0 aliphatic heterocycles. The van der Waals surface area contributed by atoms with E-state index < -0.39 is 18.1 Å². The Labute approximate surface area is 293 Å². The molecular formula is C39H49N5O6. The molecule has 4 aromatic rings. The van der Waals surface area contributed by atoms with Gasteiger partial charge < -0.3 is 25.7 Å². The van der Waals surface area contributed by atoms with Gasteiger partial charge in [-0.15, -0.1) is 0 Å². The summed E-state index contributed by atoms with van der Waals surface area (Å²) in [6.07, 6.45) is 3.84. The van der Waals surface area contributed by atoms with Crippen LogP contribution in [0.4, 0.5) is 4.79 Å². The van der Waals surface area contributed by atoms with E-state index >= 15 is 0 Å². The van der Waals surface area contributed by atoms with E-state index in [0.29, 0.717) is 38.8 Å². The second-order valence-corrected chi connectivity index (χ2v) is 12.8. The van der Waals surface area contributed by atoms with Crippen molar-refractivity contribution in [3.05, 3.63) is 108 Å². The Balaban J connectivity index is 1.27. The number of hydrogen-bond acceptors (Lipinski definition) is 6. The fourth-order valence-corrected chi connectivity index (χ4v) is 5.65. The summed E-state index contributed by atoms with van der Waals surface area (Å²) in [7, 11) is 0. The normalized spacial score (nSPS) is 12.2. The Kier molecular flexibility index (Phi) is 15.3. The summed E-state index contributed by atoms with van der Waals surface area (Å²) in [5.41, 5.74) is 6.09. The van der Waals surface area contributed by atoms with Gasteiger partial charge in [-0.2, -0.15) is 5.48 Å². The number of ether oxygens (including phenoxy) is 1. The third kappa shape index (κ3) is 13.0. The molecule has 0 aliphatic carbocycles. The van der Waals surface area contributed by atoms with Gasteiger partial charge in [0.25, 0.3) is 0 Å². The quantitative estimate of drug-likeness (QED) is 0.0625. The van der Waals surface area contributed by atoms with Gasteiger partial charge in [0.05, 0.1) is 6.61 Å². The zero-order valence-electron chi connectivity index (χ0n) is 28.9. The van der Waals surface area contributed by atoms with Crippen LogP contribution in [0, 0.1) is 11.8 Å². The van der Waals surface area contributed by atoms with E-state index in [1.807, 2.05) is 105 Å². The number of aromatic amines is 1. The van der Waals surface area contributed by atoms with Crippen LogP contribution < -0.4 is 21.4 Å². The summed E-state index contributed by atoms with van der Waals surface area (Å²) in [4.78, 5) is 60.5. The van der Waals surface area contributed by atoms with Crippen molar-refractivity contribution in [1.82, 2.24) is 26.4 Å². The average molecular weight is 684 g/mol. The van der Waals surface area contributed by atoms with Crippen LogP contribution in [0.5, 0.6) is 0 Å². The number of amides is 4. The predicted molar refractivity (Wildman–Crippen MR) is 193 cm³/mol. The first kappa shape index (κ1) is 37.7. The molecule has 2 atom stereocenters. The number of benzene rings is 3. The van der Waals surface area contributed by atoms with Crippen LogP contribution in [0.25, 0.3) is 10.9 Å². The highest BCUT2D eigenvalue weighted by Gasteiger charge is 2.28. The Hall–Kier alpha value is -5.16. The summed E-state index contributed by atoms with van der Waals surface area (Å²) in [5.74, 6) is -1.25. The number of nitrogens with one attached hydrogen (secondary N) is 5. The summed E-state index contributed by atoms with van der Waals surface area (Å²) < 4.78 is 5.12. The van der Waals surface area contributed by atoms with Gasteiger partial charge in [-0.1, -0.05) is 92.7 Å².